The van der Waals surface area contributed by atoms with Crippen molar-refractivity contribution in [1.82, 2.24) is 0 Å². The van der Waals surface area contributed by atoms with Gasteiger partial charge in [-0.3, -0.25) is 0 Å². The summed E-state index contributed by atoms with van der Waals surface area (Å²) in [6.45, 7) is 0. The molecule has 9 aromatic carbocycles. The molecular weight excluding hydrogens is 639 g/mol. The van der Waals surface area contributed by atoms with Crippen molar-refractivity contribution in [3.8, 4) is 11.1 Å². The summed E-state index contributed by atoms with van der Waals surface area (Å²) in [5.74, 6) is 0. The summed E-state index contributed by atoms with van der Waals surface area (Å²) in [6, 6.07) is 63.7. The van der Waals surface area contributed by atoms with Gasteiger partial charge in [0.25, 0.3) is 0 Å². The van der Waals surface area contributed by atoms with E-state index in [0.29, 0.717) is 0 Å². The second-order valence-corrected chi connectivity index (χ2v) is 14.3. The standard InChI is InChI=1S/C48H29NOS/c1-2-12-34-29-35(20-19-30(34)9-1)31-21-24-36(25-22-31)49(40-16-7-13-32-10-3-5-14-37(32)40)41-17-8-18-42-46(41)47-43(50-42)27-26-39-45-38-15-6-4-11-33(38)23-28-44(45)51-48(39)47/h1-29H. The number of hydrogen-bond acceptors (Lipinski definition) is 3. The van der Waals surface area contributed by atoms with Gasteiger partial charge in [0.1, 0.15) is 11.2 Å². The van der Waals surface area contributed by atoms with E-state index in [2.05, 4.69) is 181 Å². The molecular formula is C48H29NOS. The van der Waals surface area contributed by atoms with Crippen LogP contribution >= 0.6 is 11.3 Å². The van der Waals surface area contributed by atoms with Crippen LogP contribution in [-0.2, 0) is 0 Å². The number of fused-ring (bicyclic) bond motifs is 11. The first kappa shape index (κ1) is 28.4. The van der Waals surface area contributed by atoms with Crippen LogP contribution in [-0.4, -0.2) is 0 Å². The quantitative estimate of drug-likeness (QED) is 0.186. The number of anilines is 3. The van der Waals surface area contributed by atoms with Gasteiger partial charge in [-0.25, -0.2) is 0 Å². The number of nitrogens with zero attached hydrogens (tertiary/aromatic N) is 1. The van der Waals surface area contributed by atoms with Crippen molar-refractivity contribution in [2.45, 2.75) is 0 Å². The minimum atomic E-state index is 0.885. The molecule has 0 aliphatic carbocycles. The third-order valence-corrected chi connectivity index (χ3v) is 11.6. The van der Waals surface area contributed by atoms with E-state index in [9.17, 15) is 0 Å². The molecule has 51 heavy (non-hydrogen) atoms. The van der Waals surface area contributed by atoms with Crippen LogP contribution in [0.2, 0.25) is 0 Å². The first-order valence-electron chi connectivity index (χ1n) is 17.3. The van der Waals surface area contributed by atoms with Gasteiger partial charge in [-0.2, -0.15) is 0 Å². The van der Waals surface area contributed by atoms with Crippen molar-refractivity contribution in [1.29, 1.82) is 0 Å². The van der Waals surface area contributed by atoms with Gasteiger partial charge in [0, 0.05) is 36.6 Å². The number of hydrogen-bond donors (Lipinski definition) is 0. The summed E-state index contributed by atoms with van der Waals surface area (Å²) < 4.78 is 9.24. The summed E-state index contributed by atoms with van der Waals surface area (Å²) in [5, 5.41) is 12.3. The predicted octanol–water partition coefficient (Wildman–Crippen LogP) is 14.6. The minimum absolute atomic E-state index is 0.885. The van der Waals surface area contributed by atoms with Crippen molar-refractivity contribution in [3.05, 3.63) is 176 Å². The Balaban J connectivity index is 1.18. The second-order valence-electron chi connectivity index (χ2n) is 13.3. The Morgan fingerprint density at radius 2 is 1.04 bits per heavy atom. The zero-order valence-electron chi connectivity index (χ0n) is 27.5. The second kappa shape index (κ2) is 11.0. The van der Waals surface area contributed by atoms with Crippen LogP contribution in [0.3, 0.4) is 0 Å². The highest BCUT2D eigenvalue weighted by atomic mass is 32.1. The van der Waals surface area contributed by atoms with Crippen LogP contribution in [0, 0.1) is 0 Å². The zero-order chi connectivity index (χ0) is 33.5. The molecule has 3 heteroatoms. The van der Waals surface area contributed by atoms with Gasteiger partial charge in [0.05, 0.1) is 16.8 Å². The predicted molar refractivity (Wildman–Crippen MR) is 219 cm³/mol. The van der Waals surface area contributed by atoms with Gasteiger partial charge < -0.3 is 9.32 Å². The summed E-state index contributed by atoms with van der Waals surface area (Å²) >= 11 is 1.86. The van der Waals surface area contributed by atoms with E-state index in [4.69, 9.17) is 4.42 Å². The van der Waals surface area contributed by atoms with Gasteiger partial charge in [-0.05, 0) is 92.7 Å². The third-order valence-electron chi connectivity index (χ3n) is 10.4. The molecule has 0 saturated carbocycles. The molecule has 0 saturated heterocycles. The lowest BCUT2D eigenvalue weighted by Crippen LogP contribution is -2.10. The topological polar surface area (TPSA) is 16.4 Å². The Labute approximate surface area is 298 Å². The first-order chi connectivity index (χ1) is 25.3. The van der Waals surface area contributed by atoms with Crippen molar-refractivity contribution >= 4 is 103 Å². The average molecular weight is 668 g/mol. The van der Waals surface area contributed by atoms with E-state index in [1.54, 1.807) is 0 Å². The molecule has 238 valence electrons. The van der Waals surface area contributed by atoms with E-state index < -0.39 is 0 Å². The zero-order valence-corrected chi connectivity index (χ0v) is 28.3. The number of thiophene rings is 1. The van der Waals surface area contributed by atoms with Crippen molar-refractivity contribution in [2.24, 2.45) is 0 Å². The molecule has 0 unspecified atom stereocenters. The smallest absolute Gasteiger partial charge is 0.137 e. The number of benzene rings is 9. The molecule has 11 rings (SSSR count). The highest BCUT2D eigenvalue weighted by molar-refractivity contribution is 7.27. The summed E-state index contributed by atoms with van der Waals surface area (Å²) in [7, 11) is 0. The molecule has 0 fully saturated rings. The van der Waals surface area contributed by atoms with Crippen LogP contribution in [0.5, 0.6) is 0 Å². The van der Waals surface area contributed by atoms with E-state index in [-0.39, 0.29) is 0 Å². The van der Waals surface area contributed by atoms with E-state index in [1.807, 2.05) is 11.3 Å². The monoisotopic (exact) mass is 667 g/mol. The molecule has 0 amide bonds. The fourth-order valence-electron chi connectivity index (χ4n) is 8.06. The van der Waals surface area contributed by atoms with Crippen LogP contribution in [0.4, 0.5) is 17.1 Å². The highest BCUT2D eigenvalue weighted by Crippen LogP contribution is 2.49. The maximum Gasteiger partial charge on any atom is 0.137 e. The van der Waals surface area contributed by atoms with Crippen LogP contribution in [0.15, 0.2) is 180 Å². The Hall–Kier alpha value is -6.42. The highest BCUT2D eigenvalue weighted by Gasteiger charge is 2.23. The third kappa shape index (κ3) is 4.35. The van der Waals surface area contributed by atoms with Crippen molar-refractivity contribution in [3.63, 3.8) is 0 Å². The average Bonchev–Trinajstić information content (AvgIpc) is 3.77. The molecule has 0 spiro atoms. The molecule has 2 nitrogen and oxygen atoms in total. The Bertz CT molecular complexity index is 3140. The van der Waals surface area contributed by atoms with Gasteiger partial charge in [0.2, 0.25) is 0 Å². The number of rotatable bonds is 4. The lowest BCUT2D eigenvalue weighted by molar-refractivity contribution is 0.669. The molecule has 0 atom stereocenters. The minimum Gasteiger partial charge on any atom is -0.456 e. The summed E-state index contributed by atoms with van der Waals surface area (Å²) in [4.78, 5) is 2.42. The Morgan fingerprint density at radius 3 is 1.90 bits per heavy atom. The van der Waals surface area contributed by atoms with Crippen molar-refractivity contribution < 1.29 is 4.42 Å². The van der Waals surface area contributed by atoms with Crippen LogP contribution in [0.25, 0.3) is 85.6 Å². The molecule has 0 aliphatic heterocycles. The molecule has 11 aromatic rings. The molecule has 0 aliphatic rings. The van der Waals surface area contributed by atoms with Gasteiger partial charge in [-0.15, -0.1) is 11.3 Å². The fraction of sp³-hybridized carbons (Fsp3) is 0. The normalized spacial score (nSPS) is 11.9. The molecule has 2 aromatic heterocycles. The van der Waals surface area contributed by atoms with Gasteiger partial charge in [0.15, 0.2) is 0 Å². The fourth-order valence-corrected chi connectivity index (χ4v) is 9.32. The molecule has 0 bridgehead atoms. The lowest BCUT2D eigenvalue weighted by atomic mass is 10.00. The lowest BCUT2D eigenvalue weighted by Gasteiger charge is -2.27. The molecule has 0 radical (unpaired) electrons. The SMILES string of the molecule is c1ccc2cc(-c3ccc(N(c4cccc5ccccc45)c4cccc5oc6ccc7c(sc8ccc9ccccc9c87)c6c45)cc3)ccc2c1. The van der Waals surface area contributed by atoms with Gasteiger partial charge >= 0.3 is 0 Å². The van der Waals surface area contributed by atoms with Gasteiger partial charge in [-0.1, -0.05) is 121 Å². The summed E-state index contributed by atoms with van der Waals surface area (Å²) in [5.41, 5.74) is 7.50. The molecule has 0 N–H and O–H groups in total. The Morgan fingerprint density at radius 1 is 0.392 bits per heavy atom. The van der Waals surface area contributed by atoms with E-state index in [1.165, 1.54) is 69.0 Å². The summed E-state index contributed by atoms with van der Waals surface area (Å²) in [6.07, 6.45) is 0. The Kier molecular flexibility index (Phi) is 6.16. The van der Waals surface area contributed by atoms with Crippen LogP contribution in [0.1, 0.15) is 0 Å². The maximum absolute atomic E-state index is 6.69. The largest absolute Gasteiger partial charge is 0.456 e. The molecule has 2 heterocycles. The van der Waals surface area contributed by atoms with Crippen molar-refractivity contribution in [2.75, 3.05) is 4.90 Å². The van der Waals surface area contributed by atoms with Crippen LogP contribution < -0.4 is 4.90 Å². The first-order valence-corrected chi connectivity index (χ1v) is 18.2. The maximum atomic E-state index is 6.69. The number of furan rings is 1. The van der Waals surface area contributed by atoms with E-state index >= 15 is 0 Å². The van der Waals surface area contributed by atoms with E-state index in [0.717, 1.165) is 33.6 Å².